The molecule has 1 aromatic heterocycles. The maximum absolute atomic E-state index is 10.7. The van der Waals surface area contributed by atoms with E-state index < -0.39 is 12.0 Å². The van der Waals surface area contributed by atoms with Gasteiger partial charge in [0, 0.05) is 16.9 Å². The second-order valence-corrected chi connectivity index (χ2v) is 5.88. The van der Waals surface area contributed by atoms with Crippen LogP contribution in [-0.2, 0) is 10.5 Å². The van der Waals surface area contributed by atoms with Crippen LogP contribution in [0.25, 0.3) is 10.9 Å². The lowest BCUT2D eigenvalue weighted by molar-refractivity contribution is -0.137. The van der Waals surface area contributed by atoms with Crippen LogP contribution in [0.1, 0.15) is 11.3 Å². The summed E-state index contributed by atoms with van der Waals surface area (Å²) < 4.78 is 0. The first-order valence-corrected chi connectivity index (χ1v) is 7.64. The van der Waals surface area contributed by atoms with E-state index >= 15 is 0 Å². The second kappa shape index (κ2) is 6.43. The van der Waals surface area contributed by atoms with E-state index in [4.69, 9.17) is 22.4 Å². The first-order chi connectivity index (χ1) is 9.50. The molecule has 0 unspecified atom stereocenters. The average Bonchev–Trinajstić information content (AvgIpc) is 2.44. The Bertz CT molecular complexity index is 648. The number of hydrogen-bond acceptors (Lipinski definition) is 4. The molecule has 1 atom stereocenters. The summed E-state index contributed by atoms with van der Waals surface area (Å²) >= 11 is 7.75. The Hall–Kier alpha value is -1.30. The first-order valence-electron chi connectivity index (χ1n) is 6.10. The summed E-state index contributed by atoms with van der Waals surface area (Å²) in [5.74, 6) is -0.115. The molecular formula is C14H15ClN2O2S. The van der Waals surface area contributed by atoms with Crippen molar-refractivity contribution >= 4 is 40.2 Å². The predicted molar refractivity (Wildman–Crippen MR) is 83.3 cm³/mol. The highest BCUT2D eigenvalue weighted by Gasteiger charge is 2.13. The topological polar surface area (TPSA) is 76.2 Å². The lowest BCUT2D eigenvalue weighted by Crippen LogP contribution is -2.32. The van der Waals surface area contributed by atoms with E-state index in [2.05, 4.69) is 4.98 Å². The van der Waals surface area contributed by atoms with Gasteiger partial charge in [-0.25, -0.2) is 0 Å². The molecule has 4 nitrogen and oxygen atoms in total. The largest absolute Gasteiger partial charge is 0.480 e. The standard InChI is InChI=1S/C14H15ClN2O2S/c1-8-9-4-2-3-5-11(9)17-12(13(8)15)7-20-6-10(16)14(18)19/h2-5,10H,6-7,16H2,1H3,(H,18,19)/t10-/m0/s1. The number of pyridine rings is 1. The van der Waals surface area contributed by atoms with Crippen LogP contribution in [0.15, 0.2) is 24.3 Å². The Morgan fingerprint density at radius 3 is 2.90 bits per heavy atom. The van der Waals surface area contributed by atoms with Crippen molar-refractivity contribution in [3.63, 3.8) is 0 Å². The summed E-state index contributed by atoms with van der Waals surface area (Å²) in [6.45, 7) is 1.96. The summed E-state index contributed by atoms with van der Waals surface area (Å²) in [6, 6.07) is 6.95. The van der Waals surface area contributed by atoms with E-state index in [0.29, 0.717) is 16.5 Å². The number of carboxylic acid groups (broad SMARTS) is 1. The van der Waals surface area contributed by atoms with Crippen LogP contribution in [0.2, 0.25) is 5.02 Å². The lowest BCUT2D eigenvalue weighted by Gasteiger charge is -2.10. The number of thioether (sulfide) groups is 1. The molecule has 0 saturated carbocycles. The highest BCUT2D eigenvalue weighted by Crippen LogP contribution is 2.29. The summed E-state index contributed by atoms with van der Waals surface area (Å²) in [6.07, 6.45) is 0. The van der Waals surface area contributed by atoms with Crippen molar-refractivity contribution in [3.05, 3.63) is 40.5 Å². The Kier molecular flexibility index (Phi) is 4.86. The summed E-state index contributed by atoms with van der Waals surface area (Å²) in [4.78, 5) is 15.2. The minimum absolute atomic E-state index is 0.333. The zero-order valence-corrected chi connectivity index (χ0v) is 12.5. The Morgan fingerprint density at radius 2 is 2.20 bits per heavy atom. The number of nitrogens with zero attached hydrogens (tertiary/aromatic N) is 1. The molecule has 0 spiro atoms. The van der Waals surface area contributed by atoms with Crippen LogP contribution >= 0.6 is 23.4 Å². The fourth-order valence-electron chi connectivity index (χ4n) is 1.87. The van der Waals surface area contributed by atoms with Gasteiger partial charge in [-0.3, -0.25) is 9.78 Å². The number of halogens is 1. The molecule has 6 heteroatoms. The maximum atomic E-state index is 10.7. The van der Waals surface area contributed by atoms with Crippen LogP contribution in [0.5, 0.6) is 0 Å². The van der Waals surface area contributed by atoms with Crippen LogP contribution in [0, 0.1) is 6.92 Å². The lowest BCUT2D eigenvalue weighted by atomic mass is 10.1. The number of nitrogens with two attached hydrogens (primary N) is 1. The Balaban J connectivity index is 2.18. The molecule has 0 aliphatic carbocycles. The molecule has 0 amide bonds. The number of fused-ring (bicyclic) bond motifs is 1. The second-order valence-electron chi connectivity index (χ2n) is 4.47. The minimum atomic E-state index is -0.994. The van der Waals surface area contributed by atoms with Gasteiger partial charge < -0.3 is 10.8 Å². The summed E-state index contributed by atoms with van der Waals surface area (Å²) in [5, 5.41) is 10.4. The summed E-state index contributed by atoms with van der Waals surface area (Å²) in [5.41, 5.74) is 8.13. The van der Waals surface area contributed by atoms with Gasteiger partial charge in [0.05, 0.1) is 16.2 Å². The van der Waals surface area contributed by atoms with Gasteiger partial charge in [0.1, 0.15) is 6.04 Å². The molecule has 0 aliphatic heterocycles. The number of carbonyl (C=O) groups is 1. The average molecular weight is 311 g/mol. The first kappa shape index (κ1) is 15.1. The SMILES string of the molecule is Cc1c(Cl)c(CSC[C@H](N)C(=O)O)nc2ccccc12. The fraction of sp³-hybridized carbons (Fsp3) is 0.286. The van der Waals surface area contributed by atoms with Crippen molar-refractivity contribution in [3.8, 4) is 0 Å². The van der Waals surface area contributed by atoms with Crippen molar-refractivity contribution < 1.29 is 9.90 Å². The van der Waals surface area contributed by atoms with Gasteiger partial charge in [0.2, 0.25) is 0 Å². The molecular weight excluding hydrogens is 296 g/mol. The van der Waals surface area contributed by atoms with Crippen molar-refractivity contribution in [2.24, 2.45) is 5.73 Å². The monoisotopic (exact) mass is 310 g/mol. The molecule has 2 aromatic rings. The van der Waals surface area contributed by atoms with Gasteiger partial charge in [0.25, 0.3) is 0 Å². The normalized spacial score (nSPS) is 12.6. The van der Waals surface area contributed by atoms with E-state index in [1.165, 1.54) is 11.8 Å². The molecule has 1 aromatic carbocycles. The molecule has 2 rings (SSSR count). The van der Waals surface area contributed by atoms with Gasteiger partial charge >= 0.3 is 5.97 Å². The third-order valence-electron chi connectivity index (χ3n) is 3.00. The number of benzene rings is 1. The van der Waals surface area contributed by atoms with Gasteiger partial charge in [-0.05, 0) is 18.6 Å². The third-order valence-corrected chi connectivity index (χ3v) is 4.57. The Labute approximate surface area is 126 Å². The molecule has 0 radical (unpaired) electrons. The zero-order chi connectivity index (χ0) is 14.7. The van der Waals surface area contributed by atoms with E-state index in [1.807, 2.05) is 31.2 Å². The van der Waals surface area contributed by atoms with Crippen molar-refractivity contribution in [1.29, 1.82) is 0 Å². The quantitative estimate of drug-likeness (QED) is 0.888. The van der Waals surface area contributed by atoms with Crippen LogP contribution in [0.4, 0.5) is 0 Å². The van der Waals surface area contributed by atoms with Crippen LogP contribution in [-0.4, -0.2) is 27.9 Å². The highest BCUT2D eigenvalue weighted by atomic mass is 35.5. The predicted octanol–water partition coefficient (Wildman–Crippen LogP) is 2.84. The summed E-state index contributed by atoms with van der Waals surface area (Å²) in [7, 11) is 0. The molecule has 20 heavy (non-hydrogen) atoms. The van der Waals surface area contributed by atoms with Gasteiger partial charge in [-0.15, -0.1) is 0 Å². The minimum Gasteiger partial charge on any atom is -0.480 e. The molecule has 0 fully saturated rings. The van der Waals surface area contributed by atoms with E-state index in [0.717, 1.165) is 22.2 Å². The molecule has 0 bridgehead atoms. The van der Waals surface area contributed by atoms with Crippen LogP contribution < -0.4 is 5.73 Å². The fourth-order valence-corrected chi connectivity index (χ4v) is 3.07. The number of hydrogen-bond donors (Lipinski definition) is 2. The molecule has 0 aliphatic rings. The number of aryl methyl sites for hydroxylation is 1. The van der Waals surface area contributed by atoms with E-state index in [1.54, 1.807) is 0 Å². The third kappa shape index (κ3) is 3.23. The molecule has 0 saturated heterocycles. The van der Waals surface area contributed by atoms with Crippen molar-refractivity contribution in [2.45, 2.75) is 18.7 Å². The van der Waals surface area contributed by atoms with Gasteiger partial charge in [-0.1, -0.05) is 29.8 Å². The molecule has 3 N–H and O–H groups in total. The number of para-hydroxylation sites is 1. The number of aromatic nitrogens is 1. The van der Waals surface area contributed by atoms with Gasteiger partial charge in [0.15, 0.2) is 0 Å². The van der Waals surface area contributed by atoms with Gasteiger partial charge in [-0.2, -0.15) is 11.8 Å². The molecule has 1 heterocycles. The Morgan fingerprint density at radius 1 is 1.50 bits per heavy atom. The number of rotatable bonds is 5. The van der Waals surface area contributed by atoms with E-state index in [-0.39, 0.29) is 0 Å². The van der Waals surface area contributed by atoms with Crippen molar-refractivity contribution in [1.82, 2.24) is 4.98 Å². The van der Waals surface area contributed by atoms with E-state index in [9.17, 15) is 4.79 Å². The molecule has 106 valence electrons. The van der Waals surface area contributed by atoms with Crippen LogP contribution in [0.3, 0.4) is 0 Å². The van der Waals surface area contributed by atoms with Crippen molar-refractivity contribution in [2.75, 3.05) is 5.75 Å². The highest BCUT2D eigenvalue weighted by molar-refractivity contribution is 7.98. The number of carboxylic acids is 1. The number of aliphatic carboxylic acids is 1. The smallest absolute Gasteiger partial charge is 0.321 e. The maximum Gasteiger partial charge on any atom is 0.321 e. The zero-order valence-electron chi connectivity index (χ0n) is 11.0.